The molecule has 1 saturated carbocycles. The normalized spacial score (nSPS) is 17.9. The molecule has 1 unspecified atom stereocenters. The van der Waals surface area contributed by atoms with Gasteiger partial charge in [-0.05, 0) is 91.8 Å². The second kappa shape index (κ2) is 9.96. The number of rotatable bonds is 8. The largest absolute Gasteiger partial charge is 0.405 e. The molecule has 0 radical (unpaired) electrons. The van der Waals surface area contributed by atoms with Crippen LogP contribution < -0.4 is 16.4 Å². The predicted octanol–water partition coefficient (Wildman–Crippen LogP) is 5.38. The van der Waals surface area contributed by atoms with Crippen molar-refractivity contribution in [2.45, 2.75) is 52.1 Å². The number of aliphatic hydroxyl groups excluding tert-OH is 1. The topological polar surface area (TPSA) is 86.1 Å². The van der Waals surface area contributed by atoms with E-state index in [2.05, 4.69) is 72.1 Å². The molecule has 2 aromatic carbocycles. The van der Waals surface area contributed by atoms with Crippen LogP contribution in [-0.2, 0) is 12.8 Å². The molecule has 4 rings (SSSR count). The predicted molar refractivity (Wildman–Crippen MR) is 135 cm³/mol. The Morgan fingerprint density at radius 3 is 2.84 bits per heavy atom. The van der Waals surface area contributed by atoms with E-state index in [1.165, 1.54) is 33.2 Å². The maximum atomic E-state index is 9.87. The molecular weight excluding hydrogens is 396 g/mol. The molecule has 0 aliphatic heterocycles. The van der Waals surface area contributed by atoms with Crippen molar-refractivity contribution in [2.75, 3.05) is 17.2 Å². The zero-order valence-corrected chi connectivity index (χ0v) is 19.0. The van der Waals surface area contributed by atoms with Crippen LogP contribution in [0.3, 0.4) is 0 Å². The van der Waals surface area contributed by atoms with Crippen molar-refractivity contribution in [3.05, 3.63) is 82.8 Å². The number of aromatic amines is 1. The van der Waals surface area contributed by atoms with E-state index in [1.54, 1.807) is 6.20 Å². The van der Waals surface area contributed by atoms with Gasteiger partial charge in [0.15, 0.2) is 0 Å². The highest BCUT2D eigenvalue weighted by Crippen LogP contribution is 2.30. The fourth-order valence-corrected chi connectivity index (χ4v) is 4.62. The minimum Gasteiger partial charge on any atom is -0.405 e. The van der Waals surface area contributed by atoms with Gasteiger partial charge in [0.25, 0.3) is 0 Å². The number of nitrogens with two attached hydrogens (primary N) is 1. The second-order valence-electron chi connectivity index (χ2n) is 8.61. The number of aromatic nitrogens is 1. The Hall–Kier alpha value is -3.18. The minimum absolute atomic E-state index is 0.244. The van der Waals surface area contributed by atoms with Gasteiger partial charge >= 0.3 is 0 Å². The Balaban J connectivity index is 1.41. The molecule has 5 nitrogen and oxygen atoms in total. The number of fused-ring (bicyclic) bond motifs is 1. The van der Waals surface area contributed by atoms with E-state index >= 15 is 0 Å². The van der Waals surface area contributed by atoms with Crippen LogP contribution >= 0.6 is 0 Å². The Morgan fingerprint density at radius 2 is 2.12 bits per heavy atom. The molecule has 1 aromatic heterocycles. The third-order valence-electron chi connectivity index (χ3n) is 6.39. The number of benzene rings is 2. The van der Waals surface area contributed by atoms with Gasteiger partial charge in [-0.1, -0.05) is 25.1 Å². The lowest BCUT2D eigenvalue weighted by molar-refractivity contribution is 0.186. The number of H-pyrrole nitrogens is 1. The molecule has 1 aliphatic carbocycles. The van der Waals surface area contributed by atoms with Crippen LogP contribution in [0.25, 0.3) is 10.9 Å². The summed E-state index contributed by atoms with van der Waals surface area (Å²) in [5.74, 6) is 0. The fourth-order valence-electron chi connectivity index (χ4n) is 4.62. The average Bonchev–Trinajstić information content (AvgIpc) is 3.41. The first-order valence-electron chi connectivity index (χ1n) is 11.6. The highest BCUT2D eigenvalue weighted by molar-refractivity contribution is 5.86. The summed E-state index contributed by atoms with van der Waals surface area (Å²) in [7, 11) is 0. The number of hydrogen-bond acceptors (Lipinski definition) is 4. The molecule has 32 heavy (non-hydrogen) atoms. The smallest absolute Gasteiger partial charge is 0.0581 e. The van der Waals surface area contributed by atoms with Gasteiger partial charge in [0.05, 0.1) is 6.10 Å². The number of para-hydroxylation sites is 1. The Labute approximate surface area is 190 Å². The van der Waals surface area contributed by atoms with Crippen molar-refractivity contribution in [3.8, 4) is 0 Å². The molecule has 1 atom stereocenters. The SMILES string of the molecule is CCc1cccc2c(CCNc3ccc(NC(/C=C\N)=C4\CCC(O)C4)cc3C)c[nH]c12. The van der Waals surface area contributed by atoms with Gasteiger partial charge in [-0.3, -0.25) is 0 Å². The monoisotopic (exact) mass is 430 g/mol. The van der Waals surface area contributed by atoms with Crippen molar-refractivity contribution in [3.63, 3.8) is 0 Å². The molecular formula is C27H34N4O. The summed E-state index contributed by atoms with van der Waals surface area (Å²) < 4.78 is 0. The molecule has 0 amide bonds. The lowest BCUT2D eigenvalue weighted by Crippen LogP contribution is -2.07. The van der Waals surface area contributed by atoms with Gasteiger partial charge in [0.1, 0.15) is 0 Å². The molecule has 1 aliphatic rings. The summed E-state index contributed by atoms with van der Waals surface area (Å²) in [6.45, 7) is 5.19. The standard InChI is InChI=1S/C27H34N4O/c1-3-19-5-4-6-24-21(17-30-27(19)24)12-14-29-25-10-8-22(15-18(25)2)31-26(11-13-28)20-7-9-23(32)16-20/h4-6,8,10-11,13,15,17,23,29-32H,3,7,9,12,14,16,28H2,1-2H3/b13-11-,26-20+. The molecule has 1 fully saturated rings. The summed E-state index contributed by atoms with van der Waals surface area (Å²) in [6, 6.07) is 12.9. The third kappa shape index (κ3) is 4.83. The first kappa shape index (κ1) is 22.0. The highest BCUT2D eigenvalue weighted by Gasteiger charge is 2.19. The van der Waals surface area contributed by atoms with E-state index in [4.69, 9.17) is 5.73 Å². The first-order valence-corrected chi connectivity index (χ1v) is 11.6. The van der Waals surface area contributed by atoms with Crippen LogP contribution in [-0.4, -0.2) is 22.7 Å². The number of aryl methyl sites for hydroxylation is 2. The van der Waals surface area contributed by atoms with E-state index in [0.717, 1.165) is 49.3 Å². The molecule has 3 aromatic rings. The summed E-state index contributed by atoms with van der Waals surface area (Å²) in [4.78, 5) is 3.46. The van der Waals surface area contributed by atoms with Crippen molar-refractivity contribution < 1.29 is 5.11 Å². The molecule has 0 bridgehead atoms. The Morgan fingerprint density at radius 1 is 1.25 bits per heavy atom. The lowest BCUT2D eigenvalue weighted by Gasteiger charge is -2.15. The van der Waals surface area contributed by atoms with Gasteiger partial charge in [-0.2, -0.15) is 0 Å². The summed E-state index contributed by atoms with van der Waals surface area (Å²) in [6.07, 6.45) is 9.77. The zero-order valence-electron chi connectivity index (χ0n) is 19.0. The summed E-state index contributed by atoms with van der Waals surface area (Å²) in [5.41, 5.74) is 15.2. The molecule has 6 N–H and O–H groups in total. The fraction of sp³-hybridized carbons (Fsp3) is 0.333. The first-order chi connectivity index (χ1) is 15.6. The lowest BCUT2D eigenvalue weighted by atomic mass is 10.1. The Bertz CT molecular complexity index is 1140. The third-order valence-corrected chi connectivity index (χ3v) is 6.39. The molecule has 1 heterocycles. The van der Waals surface area contributed by atoms with Crippen molar-refractivity contribution in [1.29, 1.82) is 0 Å². The Kier molecular flexibility index (Phi) is 6.86. The van der Waals surface area contributed by atoms with Gasteiger partial charge in [0.2, 0.25) is 0 Å². The van der Waals surface area contributed by atoms with E-state index in [0.29, 0.717) is 6.42 Å². The number of anilines is 2. The van der Waals surface area contributed by atoms with E-state index in [9.17, 15) is 5.11 Å². The van der Waals surface area contributed by atoms with Gasteiger partial charge in [-0.25, -0.2) is 0 Å². The number of aliphatic hydroxyl groups is 1. The van der Waals surface area contributed by atoms with Crippen molar-refractivity contribution >= 4 is 22.3 Å². The van der Waals surface area contributed by atoms with E-state index in [1.807, 2.05) is 6.08 Å². The van der Waals surface area contributed by atoms with E-state index < -0.39 is 0 Å². The van der Waals surface area contributed by atoms with Crippen molar-refractivity contribution in [1.82, 2.24) is 4.98 Å². The maximum Gasteiger partial charge on any atom is 0.0581 e. The molecule has 0 spiro atoms. The quantitative estimate of drug-likeness (QED) is 0.332. The van der Waals surface area contributed by atoms with Crippen LogP contribution in [0.1, 0.15) is 42.9 Å². The van der Waals surface area contributed by atoms with Gasteiger partial charge in [-0.15, -0.1) is 0 Å². The van der Waals surface area contributed by atoms with Crippen LogP contribution in [0, 0.1) is 6.92 Å². The minimum atomic E-state index is -0.244. The number of allylic oxidation sites excluding steroid dienone is 1. The number of nitrogens with one attached hydrogen (secondary N) is 3. The van der Waals surface area contributed by atoms with E-state index in [-0.39, 0.29) is 6.10 Å². The maximum absolute atomic E-state index is 9.87. The molecule has 168 valence electrons. The average molecular weight is 431 g/mol. The molecule has 5 heteroatoms. The molecule has 0 saturated heterocycles. The zero-order chi connectivity index (χ0) is 22.5. The van der Waals surface area contributed by atoms with Crippen LogP contribution in [0.2, 0.25) is 0 Å². The summed E-state index contributed by atoms with van der Waals surface area (Å²) in [5, 5.41) is 18.3. The van der Waals surface area contributed by atoms with Crippen LogP contribution in [0.4, 0.5) is 11.4 Å². The van der Waals surface area contributed by atoms with Gasteiger partial charge in [0, 0.05) is 40.7 Å². The summed E-state index contributed by atoms with van der Waals surface area (Å²) >= 11 is 0. The second-order valence-corrected chi connectivity index (χ2v) is 8.61. The van der Waals surface area contributed by atoms with Crippen LogP contribution in [0.15, 0.2) is 66.1 Å². The van der Waals surface area contributed by atoms with Gasteiger partial charge < -0.3 is 26.5 Å². The number of hydrogen-bond donors (Lipinski definition) is 5. The van der Waals surface area contributed by atoms with Crippen LogP contribution in [0.5, 0.6) is 0 Å². The van der Waals surface area contributed by atoms with Crippen molar-refractivity contribution in [2.24, 2.45) is 5.73 Å². The highest BCUT2D eigenvalue weighted by atomic mass is 16.3.